The molecule has 0 radical (unpaired) electrons. The Labute approximate surface area is 87.1 Å². The Morgan fingerprint density at radius 3 is 2.93 bits per heavy atom. The van der Waals surface area contributed by atoms with E-state index < -0.39 is 0 Å². The Morgan fingerprint density at radius 1 is 1.57 bits per heavy atom. The molecule has 1 aromatic rings. The Hall–Kier alpha value is -1.21. The highest BCUT2D eigenvalue weighted by atomic mass is 32.2. The molecule has 0 spiro atoms. The van der Waals surface area contributed by atoms with E-state index in [0.717, 1.165) is 17.7 Å². The maximum atomic E-state index is 8.99. The van der Waals surface area contributed by atoms with Gasteiger partial charge in [0.25, 0.3) is 0 Å². The van der Waals surface area contributed by atoms with Crippen LogP contribution >= 0.6 is 11.8 Å². The quantitative estimate of drug-likeness (QED) is 0.711. The number of nitrogens with zero attached hydrogens (tertiary/aromatic N) is 2. The van der Waals surface area contributed by atoms with Crippen LogP contribution in [-0.2, 0) is 0 Å². The number of nitriles is 1. The minimum absolute atomic E-state index is 0.306. The number of thioether (sulfide) groups is 1. The molecule has 72 valence electrons. The third-order valence-corrected chi connectivity index (χ3v) is 2.78. The van der Waals surface area contributed by atoms with E-state index in [1.54, 1.807) is 12.4 Å². The van der Waals surface area contributed by atoms with Gasteiger partial charge in [-0.2, -0.15) is 5.26 Å². The molecule has 1 aromatic heterocycles. The lowest BCUT2D eigenvalue weighted by Gasteiger charge is -2.07. The van der Waals surface area contributed by atoms with E-state index >= 15 is 0 Å². The second-order valence-corrected chi connectivity index (χ2v) is 3.99. The highest BCUT2D eigenvalue weighted by molar-refractivity contribution is 7.98. The van der Waals surface area contributed by atoms with Crippen molar-refractivity contribution in [1.82, 2.24) is 4.98 Å². The van der Waals surface area contributed by atoms with Gasteiger partial charge in [-0.3, -0.25) is 4.98 Å². The van der Waals surface area contributed by atoms with Crippen LogP contribution in [0.4, 0.5) is 0 Å². The Bertz CT molecular complexity index is 382. The molecule has 0 atom stereocenters. The first-order valence-corrected chi connectivity index (χ1v) is 5.66. The summed E-state index contributed by atoms with van der Waals surface area (Å²) >= 11 is 1.52. The summed E-state index contributed by atoms with van der Waals surface area (Å²) in [6.45, 7) is 0. The lowest BCUT2D eigenvalue weighted by molar-refractivity contribution is 0.300. The van der Waals surface area contributed by atoms with E-state index in [9.17, 15) is 0 Å². The zero-order chi connectivity index (χ0) is 9.97. The van der Waals surface area contributed by atoms with Crippen molar-refractivity contribution in [3.8, 4) is 11.8 Å². The van der Waals surface area contributed by atoms with Crippen molar-refractivity contribution in [1.29, 1.82) is 5.26 Å². The maximum Gasteiger partial charge on any atom is 0.156 e. The standard InChI is InChI=1S/C10H10N2OS/c1-14-10-6-12-5-9(8(10)4-11)13-7-2-3-7/h5-7H,2-3H2,1H3. The molecule has 1 aliphatic rings. The molecule has 3 nitrogen and oxygen atoms in total. The van der Waals surface area contributed by atoms with Crippen molar-refractivity contribution in [2.75, 3.05) is 6.26 Å². The summed E-state index contributed by atoms with van der Waals surface area (Å²) in [6.07, 6.45) is 7.74. The summed E-state index contributed by atoms with van der Waals surface area (Å²) in [5.74, 6) is 0.627. The Morgan fingerprint density at radius 2 is 2.36 bits per heavy atom. The van der Waals surface area contributed by atoms with Crippen LogP contribution in [0.15, 0.2) is 17.3 Å². The van der Waals surface area contributed by atoms with Gasteiger partial charge in [-0.25, -0.2) is 0 Å². The van der Waals surface area contributed by atoms with Crippen molar-refractivity contribution in [3.63, 3.8) is 0 Å². The van der Waals surface area contributed by atoms with Crippen LogP contribution in [0.5, 0.6) is 5.75 Å². The molecule has 0 amide bonds. The zero-order valence-electron chi connectivity index (χ0n) is 7.86. The molecular weight excluding hydrogens is 196 g/mol. The summed E-state index contributed by atoms with van der Waals surface area (Å²) in [4.78, 5) is 4.93. The van der Waals surface area contributed by atoms with E-state index in [1.165, 1.54) is 11.8 Å². The van der Waals surface area contributed by atoms with Crippen LogP contribution < -0.4 is 4.74 Å². The molecule has 1 heterocycles. The first-order valence-electron chi connectivity index (χ1n) is 4.44. The van der Waals surface area contributed by atoms with Crippen LogP contribution in [-0.4, -0.2) is 17.3 Å². The second-order valence-electron chi connectivity index (χ2n) is 3.14. The van der Waals surface area contributed by atoms with Gasteiger partial charge < -0.3 is 4.74 Å². The fourth-order valence-electron chi connectivity index (χ4n) is 1.14. The number of hydrogen-bond donors (Lipinski definition) is 0. The lowest BCUT2D eigenvalue weighted by atomic mass is 10.3. The number of aromatic nitrogens is 1. The topological polar surface area (TPSA) is 45.9 Å². The molecule has 0 aromatic carbocycles. The summed E-state index contributed by atoms with van der Waals surface area (Å²) in [5.41, 5.74) is 0.611. The van der Waals surface area contributed by atoms with Crippen molar-refractivity contribution in [3.05, 3.63) is 18.0 Å². The molecule has 4 heteroatoms. The van der Waals surface area contributed by atoms with Gasteiger partial charge in [-0.15, -0.1) is 11.8 Å². The van der Waals surface area contributed by atoms with Gasteiger partial charge in [0.1, 0.15) is 11.6 Å². The summed E-state index contributed by atoms with van der Waals surface area (Å²) in [6, 6.07) is 2.16. The molecule has 0 aliphatic heterocycles. The van der Waals surface area contributed by atoms with Crippen molar-refractivity contribution in [2.24, 2.45) is 0 Å². The van der Waals surface area contributed by atoms with Gasteiger partial charge in [-0.1, -0.05) is 0 Å². The van der Waals surface area contributed by atoms with E-state index in [1.807, 2.05) is 6.26 Å². The Balaban J connectivity index is 2.32. The molecule has 2 rings (SSSR count). The van der Waals surface area contributed by atoms with E-state index in [2.05, 4.69) is 11.1 Å². The summed E-state index contributed by atoms with van der Waals surface area (Å²) < 4.78 is 5.59. The fourth-order valence-corrected chi connectivity index (χ4v) is 1.66. The monoisotopic (exact) mass is 206 g/mol. The predicted octanol–water partition coefficient (Wildman–Crippen LogP) is 2.22. The number of rotatable bonds is 3. The highest BCUT2D eigenvalue weighted by Crippen LogP contribution is 2.32. The SMILES string of the molecule is CSc1cncc(OC2CC2)c1C#N. The highest BCUT2D eigenvalue weighted by Gasteiger charge is 2.25. The number of hydrogen-bond acceptors (Lipinski definition) is 4. The minimum Gasteiger partial charge on any atom is -0.487 e. The van der Waals surface area contributed by atoms with Crippen LogP contribution in [0.1, 0.15) is 18.4 Å². The van der Waals surface area contributed by atoms with Crippen molar-refractivity contribution >= 4 is 11.8 Å². The first kappa shape index (κ1) is 9.35. The molecule has 1 saturated carbocycles. The summed E-state index contributed by atoms with van der Waals surface area (Å²) in [5, 5.41) is 8.99. The second kappa shape index (κ2) is 3.89. The molecule has 0 bridgehead atoms. The average molecular weight is 206 g/mol. The first-order chi connectivity index (χ1) is 6.85. The van der Waals surface area contributed by atoms with Gasteiger partial charge in [-0.05, 0) is 19.1 Å². The van der Waals surface area contributed by atoms with Gasteiger partial charge in [0, 0.05) is 11.1 Å². The lowest BCUT2D eigenvalue weighted by Crippen LogP contribution is -1.99. The largest absolute Gasteiger partial charge is 0.487 e. The van der Waals surface area contributed by atoms with Crippen LogP contribution in [0.25, 0.3) is 0 Å². The van der Waals surface area contributed by atoms with Crippen LogP contribution in [0, 0.1) is 11.3 Å². The van der Waals surface area contributed by atoms with E-state index in [4.69, 9.17) is 10.00 Å². The van der Waals surface area contributed by atoms with E-state index in [-0.39, 0.29) is 0 Å². The third-order valence-electron chi connectivity index (χ3n) is 2.03. The van der Waals surface area contributed by atoms with Crippen LogP contribution in [0.3, 0.4) is 0 Å². The molecular formula is C10H10N2OS. The molecule has 1 aliphatic carbocycles. The average Bonchev–Trinajstić information content (AvgIpc) is 3.01. The molecule has 14 heavy (non-hydrogen) atoms. The summed E-state index contributed by atoms with van der Waals surface area (Å²) in [7, 11) is 0. The predicted molar refractivity (Wildman–Crippen MR) is 54.4 cm³/mol. The molecule has 0 N–H and O–H groups in total. The zero-order valence-corrected chi connectivity index (χ0v) is 8.67. The Kier molecular flexibility index (Phi) is 2.60. The number of pyridine rings is 1. The molecule has 0 unspecified atom stereocenters. The fraction of sp³-hybridized carbons (Fsp3) is 0.400. The van der Waals surface area contributed by atoms with Gasteiger partial charge in [0.15, 0.2) is 5.75 Å². The third kappa shape index (κ3) is 1.83. The van der Waals surface area contributed by atoms with Gasteiger partial charge >= 0.3 is 0 Å². The molecule has 0 saturated heterocycles. The normalized spacial score (nSPS) is 14.9. The van der Waals surface area contributed by atoms with Crippen molar-refractivity contribution in [2.45, 2.75) is 23.8 Å². The smallest absolute Gasteiger partial charge is 0.156 e. The maximum absolute atomic E-state index is 8.99. The van der Waals surface area contributed by atoms with Gasteiger partial charge in [0.05, 0.1) is 12.3 Å². The molecule has 1 fully saturated rings. The minimum atomic E-state index is 0.306. The van der Waals surface area contributed by atoms with Gasteiger partial charge in [0.2, 0.25) is 0 Å². The van der Waals surface area contributed by atoms with Crippen molar-refractivity contribution < 1.29 is 4.74 Å². The number of ether oxygens (including phenoxy) is 1. The van der Waals surface area contributed by atoms with E-state index in [0.29, 0.717) is 17.4 Å². The van der Waals surface area contributed by atoms with Crippen LogP contribution in [0.2, 0.25) is 0 Å².